The Morgan fingerprint density at radius 2 is 2.27 bits per heavy atom. The van der Waals surface area contributed by atoms with Crippen LogP contribution in [0, 0.1) is 5.92 Å². The molecule has 1 aliphatic carbocycles. The SMILES string of the molecule is Nc1ccc(NCC2CCC(O)C2)nn1. The number of rotatable bonds is 3. The van der Waals surface area contributed by atoms with Gasteiger partial charge in [-0.2, -0.15) is 0 Å². The fourth-order valence-corrected chi connectivity index (χ4v) is 1.92. The zero-order valence-corrected chi connectivity index (χ0v) is 8.56. The Kier molecular flexibility index (Phi) is 3.01. The van der Waals surface area contributed by atoms with E-state index < -0.39 is 0 Å². The van der Waals surface area contributed by atoms with E-state index in [-0.39, 0.29) is 6.10 Å². The van der Waals surface area contributed by atoms with Crippen molar-refractivity contribution in [3.8, 4) is 0 Å². The Bertz CT molecular complexity index is 314. The molecule has 5 nitrogen and oxygen atoms in total. The molecule has 4 N–H and O–H groups in total. The lowest BCUT2D eigenvalue weighted by molar-refractivity contribution is 0.178. The first-order valence-electron chi connectivity index (χ1n) is 5.25. The van der Waals surface area contributed by atoms with Crippen LogP contribution in [0.3, 0.4) is 0 Å². The van der Waals surface area contributed by atoms with E-state index in [1.54, 1.807) is 6.07 Å². The molecule has 0 saturated heterocycles. The molecule has 0 aliphatic heterocycles. The monoisotopic (exact) mass is 208 g/mol. The lowest BCUT2D eigenvalue weighted by Crippen LogP contribution is -2.13. The third-order valence-electron chi connectivity index (χ3n) is 2.77. The molecule has 2 unspecified atom stereocenters. The number of anilines is 2. The minimum absolute atomic E-state index is 0.116. The van der Waals surface area contributed by atoms with E-state index in [0.717, 1.165) is 31.6 Å². The van der Waals surface area contributed by atoms with E-state index in [1.165, 1.54) is 0 Å². The highest BCUT2D eigenvalue weighted by molar-refractivity contribution is 5.38. The Morgan fingerprint density at radius 3 is 2.87 bits per heavy atom. The molecule has 0 bridgehead atoms. The molecular weight excluding hydrogens is 192 g/mol. The average Bonchev–Trinajstić information content (AvgIpc) is 2.64. The van der Waals surface area contributed by atoms with Crippen molar-refractivity contribution < 1.29 is 5.11 Å². The van der Waals surface area contributed by atoms with Crippen molar-refractivity contribution in [2.75, 3.05) is 17.6 Å². The maximum Gasteiger partial charge on any atom is 0.148 e. The van der Waals surface area contributed by atoms with Gasteiger partial charge in [0.2, 0.25) is 0 Å². The molecule has 5 heteroatoms. The fraction of sp³-hybridized carbons (Fsp3) is 0.600. The summed E-state index contributed by atoms with van der Waals surface area (Å²) in [5.41, 5.74) is 5.43. The molecule has 1 heterocycles. The van der Waals surface area contributed by atoms with E-state index in [9.17, 15) is 5.11 Å². The predicted molar refractivity (Wildman–Crippen MR) is 58.3 cm³/mol. The van der Waals surface area contributed by atoms with E-state index in [0.29, 0.717) is 11.7 Å². The van der Waals surface area contributed by atoms with Crippen LogP contribution in [0.4, 0.5) is 11.6 Å². The van der Waals surface area contributed by atoms with Crippen molar-refractivity contribution in [3.05, 3.63) is 12.1 Å². The van der Waals surface area contributed by atoms with Crippen LogP contribution < -0.4 is 11.1 Å². The summed E-state index contributed by atoms with van der Waals surface area (Å²) < 4.78 is 0. The van der Waals surface area contributed by atoms with Crippen LogP contribution in [0.15, 0.2) is 12.1 Å². The van der Waals surface area contributed by atoms with Crippen molar-refractivity contribution in [2.24, 2.45) is 5.92 Å². The lowest BCUT2D eigenvalue weighted by Gasteiger charge is -2.10. The number of nitrogens with one attached hydrogen (secondary N) is 1. The van der Waals surface area contributed by atoms with Gasteiger partial charge in [0.05, 0.1) is 6.10 Å². The van der Waals surface area contributed by atoms with E-state index >= 15 is 0 Å². The Labute approximate surface area is 88.7 Å². The van der Waals surface area contributed by atoms with Crippen LogP contribution in [0.5, 0.6) is 0 Å². The van der Waals surface area contributed by atoms with E-state index in [2.05, 4.69) is 15.5 Å². The maximum atomic E-state index is 9.36. The number of hydrogen-bond donors (Lipinski definition) is 3. The summed E-state index contributed by atoms with van der Waals surface area (Å²) in [5, 5.41) is 20.2. The molecule has 15 heavy (non-hydrogen) atoms. The standard InChI is InChI=1S/C10H16N4O/c11-9-3-4-10(14-13-9)12-6-7-1-2-8(15)5-7/h3-4,7-8,15H,1-2,5-6H2,(H2,11,13)(H,12,14). The van der Waals surface area contributed by atoms with E-state index in [4.69, 9.17) is 5.73 Å². The van der Waals surface area contributed by atoms with Crippen molar-refractivity contribution in [2.45, 2.75) is 25.4 Å². The zero-order valence-electron chi connectivity index (χ0n) is 8.56. The van der Waals surface area contributed by atoms with Crippen LogP contribution in [-0.2, 0) is 0 Å². The summed E-state index contributed by atoms with van der Waals surface area (Å²) in [6, 6.07) is 3.53. The highest BCUT2D eigenvalue weighted by atomic mass is 16.3. The third kappa shape index (κ3) is 2.79. The maximum absolute atomic E-state index is 9.36. The largest absolute Gasteiger partial charge is 0.393 e. The van der Waals surface area contributed by atoms with E-state index in [1.807, 2.05) is 6.07 Å². The van der Waals surface area contributed by atoms with Crippen LogP contribution in [0.2, 0.25) is 0 Å². The van der Waals surface area contributed by atoms with Gasteiger partial charge in [0.25, 0.3) is 0 Å². The fourth-order valence-electron chi connectivity index (χ4n) is 1.92. The zero-order chi connectivity index (χ0) is 10.7. The number of aliphatic hydroxyl groups is 1. The highest BCUT2D eigenvalue weighted by Gasteiger charge is 2.22. The first-order valence-corrected chi connectivity index (χ1v) is 5.25. The Hall–Kier alpha value is -1.36. The molecule has 1 saturated carbocycles. The summed E-state index contributed by atoms with van der Waals surface area (Å²) in [6.07, 6.45) is 2.76. The molecular formula is C10H16N4O. The van der Waals surface area contributed by atoms with Crippen molar-refractivity contribution in [1.29, 1.82) is 0 Å². The number of hydrogen-bond acceptors (Lipinski definition) is 5. The summed E-state index contributed by atoms with van der Waals surface area (Å²) >= 11 is 0. The molecule has 0 radical (unpaired) electrons. The summed E-state index contributed by atoms with van der Waals surface area (Å²) in [7, 11) is 0. The van der Waals surface area contributed by atoms with Gasteiger partial charge >= 0.3 is 0 Å². The summed E-state index contributed by atoms with van der Waals surface area (Å²) in [6.45, 7) is 0.843. The molecule has 1 fully saturated rings. The second kappa shape index (κ2) is 4.44. The summed E-state index contributed by atoms with van der Waals surface area (Å²) in [5.74, 6) is 1.71. The lowest BCUT2D eigenvalue weighted by atomic mass is 10.1. The first kappa shape index (κ1) is 10.2. The van der Waals surface area contributed by atoms with Crippen molar-refractivity contribution in [3.63, 3.8) is 0 Å². The molecule has 82 valence electrons. The molecule has 2 rings (SSSR count). The Morgan fingerprint density at radius 1 is 1.40 bits per heavy atom. The molecule has 2 atom stereocenters. The smallest absolute Gasteiger partial charge is 0.148 e. The number of aliphatic hydroxyl groups excluding tert-OH is 1. The first-order chi connectivity index (χ1) is 7.24. The van der Waals surface area contributed by atoms with Gasteiger partial charge in [-0.3, -0.25) is 0 Å². The van der Waals surface area contributed by atoms with Crippen LogP contribution in [-0.4, -0.2) is 28.0 Å². The predicted octanol–water partition coefficient (Wildman–Crippen LogP) is 0.632. The normalized spacial score (nSPS) is 25.4. The van der Waals surface area contributed by atoms with Crippen molar-refractivity contribution >= 4 is 11.6 Å². The van der Waals surface area contributed by atoms with Crippen molar-refractivity contribution in [1.82, 2.24) is 10.2 Å². The number of nitrogens with zero attached hydrogens (tertiary/aromatic N) is 2. The number of nitrogen functional groups attached to an aromatic ring is 1. The third-order valence-corrected chi connectivity index (χ3v) is 2.77. The van der Waals surface area contributed by atoms with Crippen LogP contribution in [0.1, 0.15) is 19.3 Å². The second-order valence-corrected chi connectivity index (χ2v) is 4.06. The highest BCUT2D eigenvalue weighted by Crippen LogP contribution is 2.25. The van der Waals surface area contributed by atoms with Crippen LogP contribution in [0.25, 0.3) is 0 Å². The topological polar surface area (TPSA) is 84.1 Å². The minimum Gasteiger partial charge on any atom is -0.393 e. The molecule has 0 amide bonds. The van der Waals surface area contributed by atoms with Gasteiger partial charge in [0.15, 0.2) is 0 Å². The van der Waals surface area contributed by atoms with Gasteiger partial charge in [-0.1, -0.05) is 0 Å². The van der Waals surface area contributed by atoms with Gasteiger partial charge in [0.1, 0.15) is 11.6 Å². The number of aromatic nitrogens is 2. The van der Waals surface area contributed by atoms with Gasteiger partial charge in [0, 0.05) is 6.54 Å². The van der Waals surface area contributed by atoms with Gasteiger partial charge < -0.3 is 16.2 Å². The van der Waals surface area contributed by atoms with Gasteiger partial charge in [-0.25, -0.2) is 0 Å². The molecule has 1 aromatic heterocycles. The molecule has 0 spiro atoms. The summed E-state index contributed by atoms with van der Waals surface area (Å²) in [4.78, 5) is 0. The van der Waals surface area contributed by atoms with Gasteiger partial charge in [-0.05, 0) is 37.3 Å². The molecule has 0 aromatic carbocycles. The molecule has 1 aliphatic rings. The minimum atomic E-state index is -0.116. The average molecular weight is 208 g/mol. The quantitative estimate of drug-likeness (QED) is 0.678. The van der Waals surface area contributed by atoms with Crippen LogP contribution >= 0.6 is 0 Å². The second-order valence-electron chi connectivity index (χ2n) is 4.06. The Balaban J connectivity index is 1.80. The number of nitrogens with two attached hydrogens (primary N) is 1. The molecule has 1 aromatic rings. The van der Waals surface area contributed by atoms with Gasteiger partial charge in [-0.15, -0.1) is 10.2 Å².